The second-order valence-electron chi connectivity index (χ2n) is 4.81. The number of rotatable bonds is 3. The van der Waals surface area contributed by atoms with Crippen LogP contribution in [0.1, 0.15) is 21.8 Å². The minimum atomic E-state index is -0.530. The van der Waals surface area contributed by atoms with Gasteiger partial charge >= 0.3 is 5.97 Å². The summed E-state index contributed by atoms with van der Waals surface area (Å²) in [5, 5.41) is 5.55. The number of benzene rings is 1. The molecule has 22 heavy (non-hydrogen) atoms. The molecule has 0 fully saturated rings. The summed E-state index contributed by atoms with van der Waals surface area (Å²) < 4.78 is 15.7. The normalized spacial score (nSPS) is 10.7. The summed E-state index contributed by atoms with van der Waals surface area (Å²) in [6, 6.07) is 5.38. The van der Waals surface area contributed by atoms with Crippen molar-refractivity contribution in [3.63, 3.8) is 0 Å². The van der Waals surface area contributed by atoms with Gasteiger partial charge in [0.15, 0.2) is 11.5 Å². The van der Waals surface area contributed by atoms with Crippen molar-refractivity contribution in [3.05, 3.63) is 47.6 Å². The molecule has 0 radical (unpaired) electrons. The molecule has 112 valence electrons. The van der Waals surface area contributed by atoms with Crippen LogP contribution in [0.3, 0.4) is 0 Å². The average Bonchev–Trinajstić information content (AvgIpc) is 2.85. The first-order valence-electron chi connectivity index (χ1n) is 6.67. The van der Waals surface area contributed by atoms with Gasteiger partial charge in [-0.1, -0.05) is 5.16 Å². The van der Waals surface area contributed by atoms with E-state index < -0.39 is 5.97 Å². The number of aryl methyl sites for hydroxylation is 2. The van der Waals surface area contributed by atoms with E-state index in [0.717, 1.165) is 10.8 Å². The molecule has 2 aromatic heterocycles. The molecule has 3 rings (SSSR count). The van der Waals surface area contributed by atoms with Crippen LogP contribution in [0.15, 0.2) is 35.1 Å². The first-order valence-corrected chi connectivity index (χ1v) is 6.67. The molecule has 0 saturated carbocycles. The first kappa shape index (κ1) is 14.1. The Labute approximate surface area is 126 Å². The van der Waals surface area contributed by atoms with Crippen molar-refractivity contribution in [3.8, 4) is 11.5 Å². The standard InChI is InChI=1S/C16H14N2O4/c1-9-15(10(2)22-18-9)16(19)21-14-7-12-8-17-5-4-11(12)6-13(14)20-3/h4-8H,1-3H3. The number of esters is 1. The number of hydrogen-bond donors (Lipinski definition) is 0. The zero-order valence-electron chi connectivity index (χ0n) is 12.4. The highest BCUT2D eigenvalue weighted by atomic mass is 16.6. The third kappa shape index (κ3) is 2.39. The third-order valence-corrected chi connectivity index (χ3v) is 3.36. The van der Waals surface area contributed by atoms with Gasteiger partial charge in [-0.15, -0.1) is 0 Å². The lowest BCUT2D eigenvalue weighted by Gasteiger charge is -2.10. The Morgan fingerprint density at radius 3 is 2.64 bits per heavy atom. The van der Waals surface area contributed by atoms with Crippen LogP contribution in [0, 0.1) is 13.8 Å². The van der Waals surface area contributed by atoms with Crippen LogP contribution < -0.4 is 9.47 Å². The summed E-state index contributed by atoms with van der Waals surface area (Å²) in [7, 11) is 1.52. The predicted molar refractivity (Wildman–Crippen MR) is 79.2 cm³/mol. The van der Waals surface area contributed by atoms with Gasteiger partial charge in [0.1, 0.15) is 11.3 Å². The first-order chi connectivity index (χ1) is 10.6. The molecule has 3 aromatic rings. The molecule has 0 atom stereocenters. The molecular formula is C16H14N2O4. The van der Waals surface area contributed by atoms with E-state index in [0.29, 0.717) is 28.5 Å². The van der Waals surface area contributed by atoms with Crippen LogP contribution >= 0.6 is 0 Å². The van der Waals surface area contributed by atoms with Gasteiger partial charge < -0.3 is 14.0 Å². The van der Waals surface area contributed by atoms with Crippen molar-refractivity contribution >= 4 is 16.7 Å². The maximum Gasteiger partial charge on any atom is 0.349 e. The fourth-order valence-corrected chi connectivity index (χ4v) is 2.26. The Balaban J connectivity index is 2.01. The van der Waals surface area contributed by atoms with E-state index in [4.69, 9.17) is 14.0 Å². The molecule has 0 amide bonds. The van der Waals surface area contributed by atoms with Crippen LogP contribution in [0.4, 0.5) is 0 Å². The van der Waals surface area contributed by atoms with Gasteiger partial charge in [0, 0.05) is 17.8 Å². The maximum absolute atomic E-state index is 12.3. The SMILES string of the molecule is COc1cc2ccncc2cc1OC(=O)c1c(C)noc1C. The van der Waals surface area contributed by atoms with Gasteiger partial charge in [0.25, 0.3) is 0 Å². The van der Waals surface area contributed by atoms with E-state index in [1.54, 1.807) is 38.4 Å². The monoisotopic (exact) mass is 298 g/mol. The summed E-state index contributed by atoms with van der Waals surface area (Å²) in [5.74, 6) is 0.688. The lowest BCUT2D eigenvalue weighted by Crippen LogP contribution is -2.11. The quantitative estimate of drug-likeness (QED) is 0.546. The van der Waals surface area contributed by atoms with Crippen molar-refractivity contribution in [2.45, 2.75) is 13.8 Å². The fraction of sp³-hybridized carbons (Fsp3) is 0.188. The molecule has 0 aliphatic rings. The van der Waals surface area contributed by atoms with E-state index in [1.165, 1.54) is 7.11 Å². The van der Waals surface area contributed by atoms with E-state index in [2.05, 4.69) is 10.1 Å². The fourth-order valence-electron chi connectivity index (χ4n) is 2.26. The number of methoxy groups -OCH3 is 1. The molecule has 0 saturated heterocycles. The molecule has 0 bridgehead atoms. The number of pyridine rings is 1. The molecule has 2 heterocycles. The molecule has 0 aliphatic carbocycles. The molecule has 6 nitrogen and oxygen atoms in total. The summed E-state index contributed by atoms with van der Waals surface area (Å²) in [6.45, 7) is 3.35. The molecule has 0 spiro atoms. The highest BCUT2D eigenvalue weighted by Gasteiger charge is 2.21. The van der Waals surface area contributed by atoms with E-state index in [-0.39, 0.29) is 0 Å². The Hall–Kier alpha value is -2.89. The Morgan fingerprint density at radius 2 is 1.95 bits per heavy atom. The van der Waals surface area contributed by atoms with Crippen molar-refractivity contribution in [2.75, 3.05) is 7.11 Å². The number of nitrogens with zero attached hydrogens (tertiary/aromatic N) is 2. The summed E-state index contributed by atoms with van der Waals surface area (Å²) in [4.78, 5) is 16.4. The Kier molecular flexibility index (Phi) is 3.50. The van der Waals surface area contributed by atoms with Crippen LogP contribution in [0.2, 0.25) is 0 Å². The molecule has 6 heteroatoms. The van der Waals surface area contributed by atoms with Crippen LogP contribution in [0.5, 0.6) is 11.5 Å². The second-order valence-corrected chi connectivity index (χ2v) is 4.81. The molecular weight excluding hydrogens is 284 g/mol. The topological polar surface area (TPSA) is 74.5 Å². The van der Waals surface area contributed by atoms with Crippen LogP contribution in [-0.4, -0.2) is 23.2 Å². The largest absolute Gasteiger partial charge is 0.493 e. The highest BCUT2D eigenvalue weighted by Crippen LogP contribution is 2.32. The number of ether oxygens (including phenoxy) is 2. The molecule has 0 unspecified atom stereocenters. The minimum absolute atomic E-state index is 0.327. The Bertz CT molecular complexity index is 835. The maximum atomic E-state index is 12.3. The van der Waals surface area contributed by atoms with Gasteiger partial charge in [-0.3, -0.25) is 4.98 Å². The molecule has 1 aromatic carbocycles. The highest BCUT2D eigenvalue weighted by molar-refractivity contribution is 5.94. The third-order valence-electron chi connectivity index (χ3n) is 3.36. The van der Waals surface area contributed by atoms with Gasteiger partial charge in [0.05, 0.1) is 12.8 Å². The van der Waals surface area contributed by atoms with Crippen molar-refractivity contribution in [2.24, 2.45) is 0 Å². The zero-order valence-corrected chi connectivity index (χ0v) is 12.4. The van der Waals surface area contributed by atoms with Gasteiger partial charge in [0.2, 0.25) is 0 Å². The van der Waals surface area contributed by atoms with Crippen LogP contribution in [0.25, 0.3) is 10.8 Å². The summed E-state index contributed by atoms with van der Waals surface area (Å²) >= 11 is 0. The van der Waals surface area contributed by atoms with E-state index >= 15 is 0 Å². The van der Waals surface area contributed by atoms with Crippen LogP contribution in [-0.2, 0) is 0 Å². The Morgan fingerprint density at radius 1 is 1.18 bits per heavy atom. The number of carbonyl (C=O) groups excluding carboxylic acids is 1. The van der Waals surface area contributed by atoms with Crippen molar-refractivity contribution < 1.29 is 18.8 Å². The van der Waals surface area contributed by atoms with Gasteiger partial charge in [-0.25, -0.2) is 4.79 Å². The van der Waals surface area contributed by atoms with E-state index in [9.17, 15) is 4.79 Å². The number of fused-ring (bicyclic) bond motifs is 1. The average molecular weight is 298 g/mol. The number of hydrogen-bond acceptors (Lipinski definition) is 6. The lowest BCUT2D eigenvalue weighted by molar-refractivity contribution is 0.0727. The smallest absolute Gasteiger partial charge is 0.349 e. The van der Waals surface area contributed by atoms with E-state index in [1.807, 2.05) is 6.07 Å². The predicted octanol–water partition coefficient (Wildman–Crippen LogP) is 3.07. The van der Waals surface area contributed by atoms with Gasteiger partial charge in [-0.2, -0.15) is 0 Å². The summed E-state index contributed by atoms with van der Waals surface area (Å²) in [6.07, 6.45) is 3.39. The lowest BCUT2D eigenvalue weighted by atomic mass is 10.1. The summed E-state index contributed by atoms with van der Waals surface area (Å²) in [5.41, 5.74) is 0.817. The van der Waals surface area contributed by atoms with Gasteiger partial charge in [-0.05, 0) is 37.4 Å². The second kappa shape index (κ2) is 5.48. The van der Waals surface area contributed by atoms with Crippen molar-refractivity contribution in [1.82, 2.24) is 10.1 Å². The number of aromatic nitrogens is 2. The molecule has 0 N–H and O–H groups in total. The zero-order chi connectivity index (χ0) is 15.7. The minimum Gasteiger partial charge on any atom is -0.493 e. The van der Waals surface area contributed by atoms with Crippen molar-refractivity contribution in [1.29, 1.82) is 0 Å². The number of carbonyl (C=O) groups is 1. The molecule has 0 aliphatic heterocycles.